The number of nitrogens with two attached hydrogens (primary N) is 1. The molecule has 0 saturated heterocycles. The predicted octanol–water partition coefficient (Wildman–Crippen LogP) is 2.89. The maximum atomic E-state index is 11.7. The molecular formula is C12H16ClNO3. The summed E-state index contributed by atoms with van der Waals surface area (Å²) in [6.45, 7) is 5.78. The van der Waals surface area contributed by atoms with E-state index in [1.54, 1.807) is 19.9 Å². The Morgan fingerprint density at radius 1 is 1.47 bits per heavy atom. The molecule has 0 aliphatic carbocycles. The van der Waals surface area contributed by atoms with E-state index < -0.39 is 5.97 Å². The molecule has 0 spiro atoms. The van der Waals surface area contributed by atoms with Crippen molar-refractivity contribution in [3.8, 4) is 5.75 Å². The second-order valence-electron chi connectivity index (χ2n) is 3.72. The van der Waals surface area contributed by atoms with Gasteiger partial charge < -0.3 is 15.2 Å². The summed E-state index contributed by atoms with van der Waals surface area (Å²) in [5.74, 6) is -0.150. The lowest BCUT2D eigenvalue weighted by Crippen LogP contribution is -2.14. The Kier molecular flexibility index (Phi) is 4.63. The lowest BCUT2D eigenvalue weighted by molar-refractivity contribution is 0.0379. The van der Waals surface area contributed by atoms with E-state index in [0.717, 1.165) is 0 Å². The molecule has 4 nitrogen and oxygen atoms in total. The van der Waals surface area contributed by atoms with Crippen molar-refractivity contribution in [1.29, 1.82) is 0 Å². The molecule has 0 saturated carbocycles. The second kappa shape index (κ2) is 5.77. The Hall–Kier alpha value is -1.42. The summed E-state index contributed by atoms with van der Waals surface area (Å²) in [6, 6.07) is 3.10. The third-order valence-corrected chi connectivity index (χ3v) is 2.30. The van der Waals surface area contributed by atoms with E-state index >= 15 is 0 Å². The van der Waals surface area contributed by atoms with Crippen LogP contribution in [-0.2, 0) is 4.74 Å². The fourth-order valence-corrected chi connectivity index (χ4v) is 1.54. The number of carbonyl (C=O) groups is 1. The van der Waals surface area contributed by atoms with Gasteiger partial charge in [-0.1, -0.05) is 11.6 Å². The van der Waals surface area contributed by atoms with Crippen LogP contribution in [0.3, 0.4) is 0 Å². The maximum Gasteiger partial charge on any atom is 0.340 e. The molecule has 94 valence electrons. The zero-order chi connectivity index (χ0) is 13.0. The fourth-order valence-electron chi connectivity index (χ4n) is 1.32. The van der Waals surface area contributed by atoms with Gasteiger partial charge in [0, 0.05) is 0 Å². The molecule has 0 heterocycles. The number of esters is 1. The van der Waals surface area contributed by atoms with Gasteiger partial charge in [0.05, 0.1) is 29.0 Å². The van der Waals surface area contributed by atoms with Crippen LogP contribution in [0, 0.1) is 0 Å². The molecule has 1 aromatic rings. The Bertz CT molecular complexity index is 418. The lowest BCUT2D eigenvalue weighted by atomic mass is 10.1. The van der Waals surface area contributed by atoms with Crippen LogP contribution in [-0.4, -0.2) is 18.7 Å². The molecule has 0 aromatic heterocycles. The van der Waals surface area contributed by atoms with E-state index in [4.69, 9.17) is 26.8 Å². The van der Waals surface area contributed by atoms with E-state index in [0.29, 0.717) is 17.4 Å². The number of hydrogen-bond acceptors (Lipinski definition) is 4. The second-order valence-corrected chi connectivity index (χ2v) is 4.13. The molecule has 0 amide bonds. The Morgan fingerprint density at radius 2 is 2.12 bits per heavy atom. The summed E-state index contributed by atoms with van der Waals surface area (Å²) in [4.78, 5) is 11.7. The quantitative estimate of drug-likeness (QED) is 0.666. The van der Waals surface area contributed by atoms with Crippen LogP contribution >= 0.6 is 11.6 Å². The van der Waals surface area contributed by atoms with Crippen molar-refractivity contribution in [1.82, 2.24) is 0 Å². The summed E-state index contributed by atoms with van der Waals surface area (Å²) in [7, 11) is 0. The first-order valence-corrected chi connectivity index (χ1v) is 5.76. The third-order valence-electron chi connectivity index (χ3n) is 2.00. The predicted molar refractivity (Wildman–Crippen MR) is 67.6 cm³/mol. The van der Waals surface area contributed by atoms with Gasteiger partial charge in [-0.05, 0) is 32.9 Å². The van der Waals surface area contributed by atoms with Crippen molar-refractivity contribution in [2.75, 3.05) is 12.3 Å². The van der Waals surface area contributed by atoms with Crippen LogP contribution in [0.5, 0.6) is 5.75 Å². The molecule has 17 heavy (non-hydrogen) atoms. The van der Waals surface area contributed by atoms with Gasteiger partial charge in [0.1, 0.15) is 0 Å². The van der Waals surface area contributed by atoms with Crippen LogP contribution in [0.4, 0.5) is 5.69 Å². The summed E-state index contributed by atoms with van der Waals surface area (Å²) in [5.41, 5.74) is 6.32. The molecule has 1 aromatic carbocycles. The highest BCUT2D eigenvalue weighted by atomic mass is 35.5. The van der Waals surface area contributed by atoms with Crippen LogP contribution < -0.4 is 10.5 Å². The van der Waals surface area contributed by atoms with E-state index in [1.807, 2.05) is 6.92 Å². The molecule has 0 unspecified atom stereocenters. The van der Waals surface area contributed by atoms with Crippen LogP contribution in [0.15, 0.2) is 12.1 Å². The number of hydrogen-bond donors (Lipinski definition) is 1. The smallest absolute Gasteiger partial charge is 0.340 e. The molecule has 0 aliphatic rings. The molecule has 5 heteroatoms. The Balaban J connectivity index is 3.09. The minimum atomic E-state index is -0.477. The highest BCUT2D eigenvalue weighted by Gasteiger charge is 2.18. The highest BCUT2D eigenvalue weighted by Crippen LogP contribution is 2.34. The van der Waals surface area contributed by atoms with Gasteiger partial charge >= 0.3 is 5.97 Å². The molecule has 0 aliphatic heterocycles. The van der Waals surface area contributed by atoms with Gasteiger partial charge in [-0.25, -0.2) is 4.79 Å². The van der Waals surface area contributed by atoms with Crippen LogP contribution in [0.25, 0.3) is 0 Å². The summed E-state index contributed by atoms with van der Waals surface area (Å²) in [6.07, 6.45) is -0.201. The van der Waals surface area contributed by atoms with Gasteiger partial charge in [0.15, 0.2) is 5.75 Å². The Morgan fingerprint density at radius 3 is 2.65 bits per heavy atom. The first kappa shape index (κ1) is 13.6. The van der Waals surface area contributed by atoms with Crippen LogP contribution in [0.1, 0.15) is 31.1 Å². The van der Waals surface area contributed by atoms with Gasteiger partial charge in [-0.2, -0.15) is 0 Å². The number of anilines is 1. The van der Waals surface area contributed by atoms with Crippen molar-refractivity contribution in [3.63, 3.8) is 0 Å². The molecular weight excluding hydrogens is 242 g/mol. The zero-order valence-corrected chi connectivity index (χ0v) is 10.9. The van der Waals surface area contributed by atoms with E-state index in [2.05, 4.69) is 0 Å². The average molecular weight is 258 g/mol. The first-order valence-electron chi connectivity index (χ1n) is 5.39. The van der Waals surface area contributed by atoms with Gasteiger partial charge in [0.2, 0.25) is 0 Å². The molecule has 0 fully saturated rings. The van der Waals surface area contributed by atoms with Crippen molar-refractivity contribution in [3.05, 3.63) is 22.7 Å². The summed E-state index contributed by atoms with van der Waals surface area (Å²) < 4.78 is 10.4. The van der Waals surface area contributed by atoms with Gasteiger partial charge in [-0.3, -0.25) is 0 Å². The number of carbonyl (C=O) groups excluding carboxylic acids is 1. The van der Waals surface area contributed by atoms with Gasteiger partial charge in [-0.15, -0.1) is 0 Å². The van der Waals surface area contributed by atoms with Gasteiger partial charge in [0.25, 0.3) is 0 Å². The normalized spacial score (nSPS) is 10.4. The minimum absolute atomic E-state index is 0.201. The number of halogens is 1. The van der Waals surface area contributed by atoms with Crippen molar-refractivity contribution >= 4 is 23.3 Å². The molecule has 0 bridgehead atoms. The van der Waals surface area contributed by atoms with E-state index in [1.165, 1.54) is 6.07 Å². The highest BCUT2D eigenvalue weighted by molar-refractivity contribution is 6.32. The van der Waals surface area contributed by atoms with E-state index in [9.17, 15) is 4.79 Å². The largest absolute Gasteiger partial charge is 0.490 e. The fraction of sp³-hybridized carbons (Fsp3) is 0.417. The molecule has 2 N–H and O–H groups in total. The number of rotatable bonds is 4. The van der Waals surface area contributed by atoms with Crippen molar-refractivity contribution < 1.29 is 14.3 Å². The zero-order valence-electron chi connectivity index (χ0n) is 10.1. The molecule has 0 atom stereocenters. The van der Waals surface area contributed by atoms with E-state index in [-0.39, 0.29) is 17.4 Å². The first-order chi connectivity index (χ1) is 7.97. The van der Waals surface area contributed by atoms with Crippen molar-refractivity contribution in [2.24, 2.45) is 0 Å². The third kappa shape index (κ3) is 3.27. The standard InChI is InChI=1S/C12H16ClNO3/c1-4-16-11-9(13)6-5-8(10(11)14)12(15)17-7(2)3/h5-7H,4,14H2,1-3H3. The lowest BCUT2D eigenvalue weighted by Gasteiger charge is -2.13. The summed E-state index contributed by atoms with van der Waals surface area (Å²) >= 11 is 5.93. The van der Waals surface area contributed by atoms with Crippen LogP contribution in [0.2, 0.25) is 5.02 Å². The summed E-state index contributed by atoms with van der Waals surface area (Å²) in [5, 5.41) is 0.380. The SMILES string of the molecule is CCOc1c(Cl)ccc(C(=O)OC(C)C)c1N. The minimum Gasteiger partial charge on any atom is -0.490 e. The topological polar surface area (TPSA) is 61.5 Å². The number of ether oxygens (including phenoxy) is 2. The average Bonchev–Trinajstić information content (AvgIpc) is 2.23. The maximum absolute atomic E-state index is 11.7. The number of nitrogen functional groups attached to an aromatic ring is 1. The molecule has 1 rings (SSSR count). The molecule has 0 radical (unpaired) electrons. The monoisotopic (exact) mass is 257 g/mol. The van der Waals surface area contributed by atoms with Crippen molar-refractivity contribution in [2.45, 2.75) is 26.9 Å². The number of benzene rings is 1. The Labute approximate surface area is 106 Å².